The van der Waals surface area contributed by atoms with E-state index < -0.39 is 40.6 Å². The number of nitrogens with one attached hydrogen (secondary N) is 5. The summed E-state index contributed by atoms with van der Waals surface area (Å²) in [6.07, 6.45) is 4.34. The van der Waals surface area contributed by atoms with E-state index in [1.807, 2.05) is 34.6 Å². The summed E-state index contributed by atoms with van der Waals surface area (Å²) in [7, 11) is 0. The highest BCUT2D eigenvalue weighted by molar-refractivity contribution is 5.86. The van der Waals surface area contributed by atoms with Gasteiger partial charge >= 0.3 is 18.3 Å². The summed E-state index contributed by atoms with van der Waals surface area (Å²) in [6.45, 7) is 27.3. The number of carbonyl (C=O) groups is 4. The third-order valence-corrected chi connectivity index (χ3v) is 6.88. The molecule has 13 nitrogen and oxygen atoms in total. The standard InChI is InChI=1S/C36H71N5O8/c1-32(2,3)47-29(43)38-23-17-14-16-22-37-25-20-36(12,13)46-26-21-35(10,11)41-28(42)27(40-31(45)49-34(7,8)9)19-15-18-24-39-30(44)48-33(4,5)6/h27,37H,14-26H2,1-13H3,(H,38,43)(H,39,44)(H,40,45)(H,41,42). The first-order valence-corrected chi connectivity index (χ1v) is 17.9. The normalized spacial score (nSPS) is 13.2. The SMILES string of the molecule is CC(C)(CCOC(C)(C)CCNCCCCCNC(=O)OC(C)(C)C)NC(=O)C(CCCCNC(=O)OC(C)(C)C)NC(=O)OC(C)(C)C. The lowest BCUT2D eigenvalue weighted by atomic mass is 9.99. The van der Waals surface area contributed by atoms with Crippen LogP contribution in [0.15, 0.2) is 0 Å². The predicted octanol–water partition coefficient (Wildman–Crippen LogP) is 6.33. The Morgan fingerprint density at radius 2 is 1.02 bits per heavy atom. The molecule has 0 rings (SSSR count). The van der Waals surface area contributed by atoms with Crippen molar-refractivity contribution in [2.45, 2.75) is 175 Å². The topological polar surface area (TPSA) is 165 Å². The Morgan fingerprint density at radius 1 is 0.551 bits per heavy atom. The van der Waals surface area contributed by atoms with Crippen LogP contribution in [0.2, 0.25) is 0 Å². The fourth-order valence-corrected chi connectivity index (χ4v) is 4.41. The van der Waals surface area contributed by atoms with Crippen molar-refractivity contribution in [3.63, 3.8) is 0 Å². The third-order valence-electron chi connectivity index (χ3n) is 6.88. The number of ether oxygens (including phenoxy) is 4. The quantitative estimate of drug-likeness (QED) is 0.0679. The zero-order valence-electron chi connectivity index (χ0n) is 33.0. The first-order valence-electron chi connectivity index (χ1n) is 17.9. The Kier molecular flexibility index (Phi) is 20.2. The lowest BCUT2D eigenvalue weighted by Gasteiger charge is -2.32. The Hall–Kier alpha value is -2.80. The van der Waals surface area contributed by atoms with E-state index in [2.05, 4.69) is 40.4 Å². The molecule has 0 aromatic heterocycles. The number of alkyl carbamates (subject to hydrolysis) is 3. The molecule has 5 N–H and O–H groups in total. The smallest absolute Gasteiger partial charge is 0.408 e. The molecule has 0 aromatic rings. The highest BCUT2D eigenvalue weighted by atomic mass is 16.6. The fraction of sp³-hybridized carbons (Fsp3) is 0.889. The van der Waals surface area contributed by atoms with Crippen LogP contribution in [0.5, 0.6) is 0 Å². The van der Waals surface area contributed by atoms with Crippen molar-refractivity contribution >= 4 is 24.2 Å². The molecule has 0 aromatic carbocycles. The molecule has 0 saturated heterocycles. The van der Waals surface area contributed by atoms with Gasteiger partial charge in [0.2, 0.25) is 5.91 Å². The summed E-state index contributed by atoms with van der Waals surface area (Å²) in [5, 5.41) is 14.8. The van der Waals surface area contributed by atoms with E-state index in [1.165, 1.54) is 0 Å². The molecular formula is C36H71N5O8. The monoisotopic (exact) mass is 702 g/mol. The van der Waals surface area contributed by atoms with E-state index in [0.29, 0.717) is 45.4 Å². The first-order chi connectivity index (χ1) is 22.3. The largest absolute Gasteiger partial charge is 0.444 e. The van der Waals surface area contributed by atoms with Crippen molar-refractivity contribution in [3.05, 3.63) is 0 Å². The maximum absolute atomic E-state index is 13.4. The van der Waals surface area contributed by atoms with Crippen LogP contribution in [0.3, 0.4) is 0 Å². The molecule has 0 fully saturated rings. The van der Waals surface area contributed by atoms with Gasteiger partial charge in [-0.3, -0.25) is 4.79 Å². The summed E-state index contributed by atoms with van der Waals surface area (Å²) in [6, 6.07) is -0.805. The second-order valence-corrected chi connectivity index (χ2v) is 16.8. The molecule has 49 heavy (non-hydrogen) atoms. The fourth-order valence-electron chi connectivity index (χ4n) is 4.41. The Labute approximate surface area is 296 Å². The second-order valence-electron chi connectivity index (χ2n) is 16.8. The number of hydrogen-bond donors (Lipinski definition) is 5. The maximum atomic E-state index is 13.4. The van der Waals surface area contributed by atoms with Gasteiger partial charge in [0.25, 0.3) is 0 Å². The lowest BCUT2D eigenvalue weighted by molar-refractivity contribution is -0.125. The zero-order valence-corrected chi connectivity index (χ0v) is 33.0. The van der Waals surface area contributed by atoms with E-state index >= 15 is 0 Å². The van der Waals surface area contributed by atoms with Crippen LogP contribution in [-0.4, -0.2) is 91.0 Å². The van der Waals surface area contributed by atoms with Crippen LogP contribution in [-0.2, 0) is 23.7 Å². The van der Waals surface area contributed by atoms with E-state index in [0.717, 1.165) is 38.8 Å². The van der Waals surface area contributed by atoms with E-state index in [4.69, 9.17) is 18.9 Å². The summed E-state index contributed by atoms with van der Waals surface area (Å²) < 4.78 is 22.1. The molecule has 0 aliphatic carbocycles. The number of carbonyl (C=O) groups excluding carboxylic acids is 4. The maximum Gasteiger partial charge on any atom is 0.408 e. The van der Waals surface area contributed by atoms with Crippen molar-refractivity contribution in [1.82, 2.24) is 26.6 Å². The molecule has 0 aliphatic rings. The predicted molar refractivity (Wildman–Crippen MR) is 194 cm³/mol. The molecule has 0 saturated carbocycles. The van der Waals surface area contributed by atoms with Crippen molar-refractivity contribution < 1.29 is 38.1 Å². The van der Waals surface area contributed by atoms with Gasteiger partial charge < -0.3 is 45.5 Å². The Morgan fingerprint density at radius 3 is 1.53 bits per heavy atom. The van der Waals surface area contributed by atoms with E-state index in [-0.39, 0.29) is 17.6 Å². The van der Waals surface area contributed by atoms with Gasteiger partial charge in [-0.1, -0.05) is 6.42 Å². The summed E-state index contributed by atoms with van der Waals surface area (Å²) in [4.78, 5) is 49.5. The number of rotatable bonds is 21. The van der Waals surface area contributed by atoms with Gasteiger partial charge in [-0.15, -0.1) is 0 Å². The molecule has 0 bridgehead atoms. The molecule has 288 valence electrons. The average molecular weight is 702 g/mol. The minimum absolute atomic E-state index is 0.306. The highest BCUT2D eigenvalue weighted by Gasteiger charge is 2.29. The molecule has 0 heterocycles. The average Bonchev–Trinajstić information content (AvgIpc) is 2.87. The molecule has 4 amide bonds. The summed E-state index contributed by atoms with van der Waals surface area (Å²) >= 11 is 0. The van der Waals surface area contributed by atoms with E-state index in [1.54, 1.807) is 41.5 Å². The van der Waals surface area contributed by atoms with Crippen molar-refractivity contribution in [1.29, 1.82) is 0 Å². The van der Waals surface area contributed by atoms with Gasteiger partial charge in [0.1, 0.15) is 22.8 Å². The minimum Gasteiger partial charge on any atom is -0.444 e. The van der Waals surface area contributed by atoms with Gasteiger partial charge in [-0.05, 0) is 148 Å². The number of unbranched alkanes of at least 4 members (excludes halogenated alkanes) is 3. The van der Waals surface area contributed by atoms with Crippen LogP contribution in [0.25, 0.3) is 0 Å². The van der Waals surface area contributed by atoms with Crippen LogP contribution in [0.1, 0.15) is 141 Å². The number of amides is 4. The number of hydrogen-bond acceptors (Lipinski definition) is 9. The van der Waals surface area contributed by atoms with Crippen LogP contribution >= 0.6 is 0 Å². The first kappa shape index (κ1) is 46.2. The van der Waals surface area contributed by atoms with Crippen molar-refractivity contribution in [2.24, 2.45) is 0 Å². The van der Waals surface area contributed by atoms with Gasteiger partial charge in [0.15, 0.2) is 0 Å². The molecule has 1 atom stereocenters. The Bertz CT molecular complexity index is 997. The molecular weight excluding hydrogens is 630 g/mol. The van der Waals surface area contributed by atoms with E-state index in [9.17, 15) is 19.2 Å². The zero-order chi connectivity index (χ0) is 37.9. The van der Waals surface area contributed by atoms with Gasteiger partial charge in [-0.2, -0.15) is 0 Å². The van der Waals surface area contributed by atoms with Crippen molar-refractivity contribution in [2.75, 3.05) is 32.8 Å². The van der Waals surface area contributed by atoms with Crippen LogP contribution in [0.4, 0.5) is 14.4 Å². The van der Waals surface area contributed by atoms with Gasteiger partial charge in [0, 0.05) is 25.2 Å². The lowest BCUT2D eigenvalue weighted by Crippen LogP contribution is -2.54. The second kappa shape index (κ2) is 21.4. The van der Waals surface area contributed by atoms with Crippen LogP contribution in [0, 0.1) is 0 Å². The summed E-state index contributed by atoms with van der Waals surface area (Å²) in [5.74, 6) is -0.306. The molecule has 0 spiro atoms. The molecule has 0 radical (unpaired) electrons. The minimum atomic E-state index is -0.805. The Balaban J connectivity index is 4.62. The highest BCUT2D eigenvalue weighted by Crippen LogP contribution is 2.18. The van der Waals surface area contributed by atoms with Gasteiger partial charge in [-0.25, -0.2) is 14.4 Å². The molecule has 1 unspecified atom stereocenters. The third kappa shape index (κ3) is 28.7. The summed E-state index contributed by atoms with van der Waals surface area (Å²) in [5.41, 5.74) is -2.71. The van der Waals surface area contributed by atoms with Crippen LogP contribution < -0.4 is 26.6 Å². The molecule has 13 heteroatoms. The van der Waals surface area contributed by atoms with Crippen molar-refractivity contribution in [3.8, 4) is 0 Å². The molecule has 0 aliphatic heterocycles. The van der Waals surface area contributed by atoms with Gasteiger partial charge in [0.05, 0.1) is 5.60 Å².